The van der Waals surface area contributed by atoms with Crippen molar-refractivity contribution in [3.8, 4) is 0 Å². The number of esters is 2. The SMILES string of the molecule is CC/C=C\C/C=C\C/C=C\C/C=C\CCCCCOCC(COC(=O)CCCCCCCCCCCCCCCCCCCCC)OC(=O)CCCCCCCCCCCCCCC. The highest BCUT2D eigenvalue weighted by atomic mass is 16.6. The van der Waals surface area contributed by atoms with Crippen molar-refractivity contribution >= 4 is 11.9 Å². The molecule has 0 saturated carbocycles. The van der Waals surface area contributed by atoms with Crippen LogP contribution in [0.5, 0.6) is 0 Å². The molecular weight excluding hydrogens is 789 g/mol. The summed E-state index contributed by atoms with van der Waals surface area (Å²) in [6.07, 6.45) is 68.5. The van der Waals surface area contributed by atoms with Crippen molar-refractivity contribution in [2.45, 2.75) is 297 Å². The van der Waals surface area contributed by atoms with E-state index in [1.54, 1.807) is 0 Å². The van der Waals surface area contributed by atoms with Crippen LogP contribution in [0.3, 0.4) is 0 Å². The molecule has 0 aliphatic rings. The second kappa shape index (κ2) is 55.2. The van der Waals surface area contributed by atoms with Gasteiger partial charge in [-0.05, 0) is 57.8 Å². The van der Waals surface area contributed by atoms with E-state index >= 15 is 0 Å². The molecule has 0 heterocycles. The molecule has 1 unspecified atom stereocenters. The summed E-state index contributed by atoms with van der Waals surface area (Å²) in [6.45, 7) is 7.70. The number of ether oxygens (including phenoxy) is 3. The van der Waals surface area contributed by atoms with Crippen molar-refractivity contribution in [1.82, 2.24) is 0 Å². The Balaban J connectivity index is 4.24. The van der Waals surface area contributed by atoms with Crippen molar-refractivity contribution in [1.29, 1.82) is 0 Å². The first-order chi connectivity index (χ1) is 31.6. The van der Waals surface area contributed by atoms with Gasteiger partial charge in [-0.25, -0.2) is 0 Å². The molecule has 5 nitrogen and oxygen atoms in total. The summed E-state index contributed by atoms with van der Waals surface area (Å²) in [5, 5.41) is 0. The molecule has 0 bridgehead atoms. The summed E-state index contributed by atoms with van der Waals surface area (Å²) in [5.74, 6) is -0.398. The van der Waals surface area contributed by atoms with Gasteiger partial charge in [-0.2, -0.15) is 0 Å². The number of hydrogen-bond donors (Lipinski definition) is 0. The molecule has 0 N–H and O–H groups in total. The first-order valence-electron chi connectivity index (χ1n) is 28.2. The van der Waals surface area contributed by atoms with Gasteiger partial charge in [-0.3, -0.25) is 9.59 Å². The van der Waals surface area contributed by atoms with E-state index in [0.717, 1.165) is 77.0 Å². The number of hydrogen-bond acceptors (Lipinski definition) is 5. The largest absolute Gasteiger partial charge is 0.462 e. The molecule has 0 amide bonds. The minimum absolute atomic E-state index is 0.0775. The van der Waals surface area contributed by atoms with Crippen molar-refractivity contribution in [3.05, 3.63) is 48.6 Å². The minimum atomic E-state index is -0.548. The van der Waals surface area contributed by atoms with Gasteiger partial charge < -0.3 is 14.2 Å². The zero-order valence-corrected chi connectivity index (χ0v) is 43.1. The lowest BCUT2D eigenvalue weighted by Crippen LogP contribution is -2.30. The van der Waals surface area contributed by atoms with E-state index in [1.165, 1.54) is 180 Å². The molecule has 1 atom stereocenters. The monoisotopic (exact) mass is 897 g/mol. The highest BCUT2D eigenvalue weighted by molar-refractivity contribution is 5.70. The van der Waals surface area contributed by atoms with E-state index in [2.05, 4.69) is 69.4 Å². The van der Waals surface area contributed by atoms with Gasteiger partial charge >= 0.3 is 11.9 Å². The smallest absolute Gasteiger partial charge is 0.306 e. The van der Waals surface area contributed by atoms with E-state index in [1.807, 2.05) is 0 Å². The van der Waals surface area contributed by atoms with Gasteiger partial charge in [0.05, 0.1) is 6.61 Å². The summed E-state index contributed by atoms with van der Waals surface area (Å²) < 4.78 is 17.4. The average molecular weight is 898 g/mol. The first-order valence-corrected chi connectivity index (χ1v) is 28.2. The molecule has 0 rings (SSSR count). The van der Waals surface area contributed by atoms with E-state index in [9.17, 15) is 9.59 Å². The summed E-state index contributed by atoms with van der Waals surface area (Å²) in [4.78, 5) is 25.5. The minimum Gasteiger partial charge on any atom is -0.462 e. The van der Waals surface area contributed by atoms with Gasteiger partial charge in [-0.1, -0.05) is 268 Å². The van der Waals surface area contributed by atoms with Gasteiger partial charge in [-0.15, -0.1) is 0 Å². The average Bonchev–Trinajstić information content (AvgIpc) is 3.30. The van der Waals surface area contributed by atoms with Crippen LogP contribution < -0.4 is 0 Å². The summed E-state index contributed by atoms with van der Waals surface area (Å²) in [5.41, 5.74) is 0. The molecule has 5 heteroatoms. The predicted molar refractivity (Wildman–Crippen MR) is 279 cm³/mol. The first kappa shape index (κ1) is 61.9. The Morgan fingerprint density at radius 2 is 0.703 bits per heavy atom. The molecule has 0 saturated heterocycles. The maximum Gasteiger partial charge on any atom is 0.306 e. The third kappa shape index (κ3) is 52.5. The quantitative estimate of drug-likeness (QED) is 0.0346. The lowest BCUT2D eigenvalue weighted by atomic mass is 10.0. The molecule has 374 valence electrons. The Morgan fingerprint density at radius 1 is 0.359 bits per heavy atom. The van der Waals surface area contributed by atoms with Crippen LogP contribution in [-0.2, 0) is 23.8 Å². The molecule has 0 fully saturated rings. The van der Waals surface area contributed by atoms with Crippen LogP contribution in [0.2, 0.25) is 0 Å². The number of allylic oxidation sites excluding steroid dienone is 8. The van der Waals surface area contributed by atoms with E-state index in [4.69, 9.17) is 14.2 Å². The van der Waals surface area contributed by atoms with Crippen molar-refractivity contribution in [2.24, 2.45) is 0 Å². The van der Waals surface area contributed by atoms with Gasteiger partial charge in [0.25, 0.3) is 0 Å². The van der Waals surface area contributed by atoms with E-state index < -0.39 is 6.10 Å². The number of rotatable bonds is 52. The summed E-state index contributed by atoms with van der Waals surface area (Å²) in [7, 11) is 0. The predicted octanol–water partition coefficient (Wildman–Crippen LogP) is 19.1. The Hall–Kier alpha value is -2.14. The van der Waals surface area contributed by atoms with Crippen LogP contribution >= 0.6 is 0 Å². The van der Waals surface area contributed by atoms with Crippen LogP contribution in [-0.4, -0.2) is 37.9 Å². The van der Waals surface area contributed by atoms with Crippen molar-refractivity contribution in [2.75, 3.05) is 19.8 Å². The van der Waals surface area contributed by atoms with Crippen LogP contribution in [0.4, 0.5) is 0 Å². The highest BCUT2D eigenvalue weighted by Gasteiger charge is 2.17. The maximum atomic E-state index is 12.8. The third-order valence-electron chi connectivity index (χ3n) is 12.4. The van der Waals surface area contributed by atoms with E-state index in [-0.39, 0.29) is 25.2 Å². The Morgan fingerprint density at radius 3 is 1.11 bits per heavy atom. The summed E-state index contributed by atoms with van der Waals surface area (Å²) >= 11 is 0. The van der Waals surface area contributed by atoms with E-state index in [0.29, 0.717) is 19.4 Å². The molecule has 0 aromatic carbocycles. The Bertz CT molecular complexity index is 1060. The fourth-order valence-electron chi connectivity index (χ4n) is 8.21. The fraction of sp³-hybridized carbons (Fsp3) is 0.831. The van der Waals surface area contributed by atoms with Crippen LogP contribution in [0.25, 0.3) is 0 Å². The fourth-order valence-corrected chi connectivity index (χ4v) is 8.21. The molecule has 0 spiro atoms. The Labute approximate surface area is 399 Å². The molecule has 64 heavy (non-hydrogen) atoms. The lowest BCUT2D eigenvalue weighted by Gasteiger charge is -2.18. The number of unbranched alkanes of at least 4 members (excludes halogenated alkanes) is 33. The van der Waals surface area contributed by atoms with Crippen LogP contribution in [0.15, 0.2) is 48.6 Å². The van der Waals surface area contributed by atoms with Gasteiger partial charge in [0.2, 0.25) is 0 Å². The standard InChI is InChI=1S/C59H108O5/c1-4-7-10-13-16-19-22-25-27-29-30-31-32-35-37-40-43-46-49-52-58(60)63-56-57(64-59(61)53-50-47-44-41-38-34-24-21-18-15-12-9-6-3)55-62-54-51-48-45-42-39-36-33-28-26-23-20-17-14-11-8-5-2/h8,11,17,20,26,28,36,39,57H,4-7,9-10,12-16,18-19,21-25,27,29-35,37-38,40-56H2,1-3H3/b11-8-,20-17-,28-26-,39-36-. The summed E-state index contributed by atoms with van der Waals surface area (Å²) in [6, 6.07) is 0. The number of carbonyl (C=O) groups excluding carboxylic acids is 2. The van der Waals surface area contributed by atoms with Gasteiger partial charge in [0, 0.05) is 19.4 Å². The van der Waals surface area contributed by atoms with Crippen LogP contribution in [0, 0.1) is 0 Å². The maximum absolute atomic E-state index is 12.8. The molecular formula is C59H108O5. The normalized spacial score (nSPS) is 12.5. The highest BCUT2D eigenvalue weighted by Crippen LogP contribution is 2.17. The molecule has 0 aromatic rings. The second-order valence-corrected chi connectivity index (χ2v) is 18.8. The molecule has 0 aliphatic heterocycles. The zero-order valence-electron chi connectivity index (χ0n) is 43.1. The van der Waals surface area contributed by atoms with Gasteiger partial charge in [0.15, 0.2) is 6.10 Å². The lowest BCUT2D eigenvalue weighted by molar-refractivity contribution is -0.163. The molecule has 0 aliphatic carbocycles. The number of carbonyl (C=O) groups is 2. The van der Waals surface area contributed by atoms with Crippen molar-refractivity contribution in [3.63, 3.8) is 0 Å². The van der Waals surface area contributed by atoms with Crippen LogP contribution in [0.1, 0.15) is 290 Å². The Kier molecular flexibility index (Phi) is 53.3. The topological polar surface area (TPSA) is 61.8 Å². The molecule has 0 aromatic heterocycles. The zero-order chi connectivity index (χ0) is 46.3. The third-order valence-corrected chi connectivity index (χ3v) is 12.4. The van der Waals surface area contributed by atoms with Gasteiger partial charge in [0.1, 0.15) is 6.61 Å². The second-order valence-electron chi connectivity index (χ2n) is 18.8. The van der Waals surface area contributed by atoms with Crippen molar-refractivity contribution < 1.29 is 23.8 Å². The molecule has 0 radical (unpaired) electrons.